The van der Waals surface area contributed by atoms with Gasteiger partial charge in [-0.05, 0) is 12.1 Å². The van der Waals surface area contributed by atoms with Crippen molar-refractivity contribution >= 4 is 18.4 Å². The molecule has 0 unspecified atom stereocenters. The first-order valence-corrected chi connectivity index (χ1v) is 3.51. The van der Waals surface area contributed by atoms with Gasteiger partial charge in [0.1, 0.15) is 0 Å². The molecule has 2 N–H and O–H groups in total. The third-order valence-corrected chi connectivity index (χ3v) is 1.38. The molecule has 0 bridgehead atoms. The largest absolute Gasteiger partial charge is 0.399 e. The predicted molar refractivity (Wildman–Crippen MR) is 46.7 cm³/mol. The third-order valence-electron chi connectivity index (χ3n) is 1.38. The van der Waals surface area contributed by atoms with Gasteiger partial charge in [-0.2, -0.15) is 0 Å². The van der Waals surface area contributed by atoms with E-state index < -0.39 is 0 Å². The lowest BCUT2D eigenvalue weighted by Gasteiger charge is -1.96. The number of nitrogens with two attached hydrogens (primary N) is 1. The summed E-state index contributed by atoms with van der Waals surface area (Å²) >= 11 is 0. The Labute approximate surface area is 62.5 Å². The zero-order valence-electron chi connectivity index (χ0n) is 6.17. The lowest BCUT2D eigenvalue weighted by Crippen LogP contribution is -2.11. The maximum atomic E-state index is 5.51. The molecule has 0 saturated carbocycles. The Morgan fingerprint density at radius 3 is 2.40 bits per heavy atom. The van der Waals surface area contributed by atoms with Crippen LogP contribution in [0.3, 0.4) is 0 Å². The van der Waals surface area contributed by atoms with E-state index in [2.05, 4.69) is 14.2 Å². The van der Waals surface area contributed by atoms with E-state index in [-0.39, 0.29) is 0 Å². The molecule has 1 aromatic carbocycles. The van der Waals surface area contributed by atoms with Crippen LogP contribution < -0.4 is 11.2 Å². The molecular weight excluding hydrogens is 121 g/mol. The quantitative estimate of drug-likeness (QED) is 0.472. The fourth-order valence-electron chi connectivity index (χ4n) is 0.868. The average molecular weight is 132 g/mol. The van der Waals surface area contributed by atoms with Crippen LogP contribution in [0.1, 0.15) is 6.92 Å². The van der Waals surface area contributed by atoms with Crippen LogP contribution in [0.4, 0.5) is 5.69 Å². The van der Waals surface area contributed by atoms with Gasteiger partial charge in [-0.1, -0.05) is 30.8 Å². The minimum Gasteiger partial charge on any atom is -0.399 e. The van der Waals surface area contributed by atoms with Crippen molar-refractivity contribution in [2.24, 2.45) is 0 Å². The molecule has 0 aliphatic heterocycles. The van der Waals surface area contributed by atoms with Gasteiger partial charge < -0.3 is 5.73 Å². The topological polar surface area (TPSA) is 26.0 Å². The molecule has 0 fully saturated rings. The summed E-state index contributed by atoms with van der Waals surface area (Å²) < 4.78 is 0. The Morgan fingerprint density at radius 2 is 1.90 bits per heavy atom. The van der Waals surface area contributed by atoms with Crippen LogP contribution in [0.25, 0.3) is 0 Å². The molecule has 0 saturated heterocycles. The fourth-order valence-corrected chi connectivity index (χ4v) is 0.868. The predicted octanol–water partition coefficient (Wildman–Crippen LogP) is 1.04. The number of anilines is 1. The van der Waals surface area contributed by atoms with E-state index in [1.165, 1.54) is 5.46 Å². The van der Waals surface area contributed by atoms with Crippen LogP contribution in [0, 0.1) is 0 Å². The summed E-state index contributed by atoms with van der Waals surface area (Å²) in [7, 11) is 2.17. The van der Waals surface area contributed by atoms with E-state index in [4.69, 9.17) is 5.73 Å². The Kier molecular flexibility index (Phi) is 2.38. The van der Waals surface area contributed by atoms with E-state index in [0.29, 0.717) is 0 Å². The van der Waals surface area contributed by atoms with Crippen LogP contribution in [0.2, 0.25) is 6.32 Å². The molecule has 0 amide bonds. The first-order chi connectivity index (χ1) is 4.83. The molecule has 0 atom stereocenters. The van der Waals surface area contributed by atoms with Crippen molar-refractivity contribution in [3.63, 3.8) is 0 Å². The average Bonchev–Trinajstić information content (AvgIpc) is 1.95. The van der Waals surface area contributed by atoms with E-state index in [0.717, 1.165) is 12.0 Å². The van der Waals surface area contributed by atoms with Crippen LogP contribution in [0.5, 0.6) is 0 Å². The summed E-state index contributed by atoms with van der Waals surface area (Å²) in [6.07, 6.45) is 1.07. The Balaban J connectivity index is 2.69. The Morgan fingerprint density at radius 1 is 1.30 bits per heavy atom. The monoisotopic (exact) mass is 132 g/mol. The number of benzene rings is 1. The van der Waals surface area contributed by atoms with E-state index >= 15 is 0 Å². The molecule has 1 radical (unpaired) electrons. The second-order valence-corrected chi connectivity index (χ2v) is 2.28. The summed E-state index contributed by atoms with van der Waals surface area (Å²) in [6, 6.07) is 7.89. The van der Waals surface area contributed by atoms with Crippen molar-refractivity contribution < 1.29 is 0 Å². The normalized spacial score (nSPS) is 9.30. The second-order valence-electron chi connectivity index (χ2n) is 2.28. The highest BCUT2D eigenvalue weighted by Crippen LogP contribution is 1.95. The van der Waals surface area contributed by atoms with Crippen molar-refractivity contribution in [2.45, 2.75) is 13.2 Å². The minimum atomic E-state index is 0.827. The smallest absolute Gasteiger partial charge is 0.151 e. The van der Waals surface area contributed by atoms with E-state index in [1.54, 1.807) is 0 Å². The van der Waals surface area contributed by atoms with E-state index in [1.807, 2.05) is 24.3 Å². The van der Waals surface area contributed by atoms with Crippen LogP contribution in [-0.2, 0) is 0 Å². The molecule has 1 rings (SSSR count). The number of rotatable bonds is 2. The molecule has 10 heavy (non-hydrogen) atoms. The zero-order valence-corrected chi connectivity index (χ0v) is 6.17. The SMILES string of the molecule is CC[B]c1ccc(N)cc1. The first-order valence-electron chi connectivity index (χ1n) is 3.51. The van der Waals surface area contributed by atoms with Crippen LogP contribution in [-0.4, -0.2) is 7.28 Å². The first kappa shape index (κ1) is 7.20. The number of hydrogen-bond donors (Lipinski definition) is 1. The van der Waals surface area contributed by atoms with Crippen LogP contribution in [0.15, 0.2) is 24.3 Å². The van der Waals surface area contributed by atoms with Gasteiger partial charge in [0.05, 0.1) is 0 Å². The van der Waals surface area contributed by atoms with Crippen LogP contribution >= 0.6 is 0 Å². The number of hydrogen-bond acceptors (Lipinski definition) is 1. The second kappa shape index (κ2) is 3.30. The summed E-state index contributed by atoms with van der Waals surface area (Å²) in [6.45, 7) is 2.12. The van der Waals surface area contributed by atoms with Gasteiger partial charge in [0.2, 0.25) is 0 Å². The maximum absolute atomic E-state index is 5.51. The van der Waals surface area contributed by atoms with Gasteiger partial charge in [0, 0.05) is 5.69 Å². The van der Waals surface area contributed by atoms with Gasteiger partial charge in [0.25, 0.3) is 0 Å². The van der Waals surface area contributed by atoms with Gasteiger partial charge in [-0.15, -0.1) is 0 Å². The van der Waals surface area contributed by atoms with Gasteiger partial charge in [-0.3, -0.25) is 0 Å². The maximum Gasteiger partial charge on any atom is 0.151 e. The molecule has 0 aliphatic rings. The lowest BCUT2D eigenvalue weighted by atomic mass is 9.68. The molecule has 1 aromatic rings. The standard InChI is InChI=1S/C8H11BN/c1-2-9-7-3-5-8(10)6-4-7/h3-6H,2,10H2,1H3. The van der Waals surface area contributed by atoms with Crippen molar-refractivity contribution in [1.29, 1.82) is 0 Å². The molecule has 2 heteroatoms. The van der Waals surface area contributed by atoms with Crippen molar-refractivity contribution in [1.82, 2.24) is 0 Å². The molecule has 0 aromatic heterocycles. The molecule has 0 heterocycles. The molecular formula is C8H11BN. The van der Waals surface area contributed by atoms with Crippen molar-refractivity contribution in [3.8, 4) is 0 Å². The highest BCUT2D eigenvalue weighted by Gasteiger charge is 1.90. The Hall–Kier alpha value is -0.915. The Bertz CT molecular complexity index is 193. The zero-order chi connectivity index (χ0) is 7.40. The third kappa shape index (κ3) is 1.80. The minimum absolute atomic E-state index is 0.827. The van der Waals surface area contributed by atoms with Crippen molar-refractivity contribution in [2.75, 3.05) is 5.73 Å². The lowest BCUT2D eigenvalue weighted by molar-refractivity contribution is 1.46. The van der Waals surface area contributed by atoms with Gasteiger partial charge in [0.15, 0.2) is 7.28 Å². The summed E-state index contributed by atoms with van der Waals surface area (Å²) in [5, 5.41) is 0. The molecule has 0 spiro atoms. The molecule has 1 nitrogen and oxygen atoms in total. The molecule has 51 valence electrons. The van der Waals surface area contributed by atoms with Gasteiger partial charge in [-0.25, -0.2) is 0 Å². The van der Waals surface area contributed by atoms with Crippen molar-refractivity contribution in [3.05, 3.63) is 24.3 Å². The number of nitrogen functional groups attached to an aromatic ring is 1. The molecule has 0 aliphatic carbocycles. The van der Waals surface area contributed by atoms with E-state index in [9.17, 15) is 0 Å². The summed E-state index contributed by atoms with van der Waals surface area (Å²) in [4.78, 5) is 0. The highest BCUT2D eigenvalue weighted by molar-refractivity contribution is 6.53. The summed E-state index contributed by atoms with van der Waals surface area (Å²) in [5.41, 5.74) is 7.58. The van der Waals surface area contributed by atoms with Gasteiger partial charge >= 0.3 is 0 Å². The summed E-state index contributed by atoms with van der Waals surface area (Å²) in [5.74, 6) is 0. The highest BCUT2D eigenvalue weighted by atomic mass is 14.5. The fraction of sp³-hybridized carbons (Fsp3) is 0.250.